The third-order valence-corrected chi connectivity index (χ3v) is 5.85. The van der Waals surface area contributed by atoms with Crippen molar-refractivity contribution in [2.75, 3.05) is 19.4 Å². The van der Waals surface area contributed by atoms with Crippen molar-refractivity contribution < 1.29 is 18.7 Å². The second-order valence-electron chi connectivity index (χ2n) is 7.17. The Labute approximate surface area is 188 Å². The predicted molar refractivity (Wildman–Crippen MR) is 123 cm³/mol. The minimum atomic E-state index is -0.560. The van der Waals surface area contributed by atoms with Crippen molar-refractivity contribution in [3.8, 4) is 5.75 Å². The number of carbonyl (C=O) groups is 2. The number of amides is 2. The van der Waals surface area contributed by atoms with Gasteiger partial charge in [0.15, 0.2) is 0 Å². The van der Waals surface area contributed by atoms with Crippen LogP contribution >= 0.6 is 11.8 Å². The molecule has 0 aliphatic carbocycles. The van der Waals surface area contributed by atoms with Crippen LogP contribution in [0.1, 0.15) is 37.8 Å². The number of hydrogen-bond acceptors (Lipinski definition) is 4. The molecular formula is C24H31FN2O3S. The normalized spacial score (nSPS) is 11.6. The van der Waals surface area contributed by atoms with Crippen LogP contribution in [0.2, 0.25) is 0 Å². The summed E-state index contributed by atoms with van der Waals surface area (Å²) in [6, 6.07) is 13.5. The molecule has 0 aromatic heterocycles. The van der Waals surface area contributed by atoms with Crippen LogP contribution in [0.5, 0.6) is 5.75 Å². The maximum Gasteiger partial charge on any atom is 0.242 e. The van der Waals surface area contributed by atoms with Gasteiger partial charge >= 0.3 is 0 Å². The van der Waals surface area contributed by atoms with Gasteiger partial charge in [0.05, 0.1) is 12.9 Å². The molecular weight excluding hydrogens is 415 g/mol. The second kappa shape index (κ2) is 13.0. The van der Waals surface area contributed by atoms with Crippen molar-refractivity contribution in [2.45, 2.75) is 45.0 Å². The maximum atomic E-state index is 13.9. The smallest absolute Gasteiger partial charge is 0.242 e. The van der Waals surface area contributed by atoms with E-state index in [-0.39, 0.29) is 23.4 Å². The molecule has 2 rings (SSSR count). The molecule has 0 fully saturated rings. The molecule has 31 heavy (non-hydrogen) atoms. The summed E-state index contributed by atoms with van der Waals surface area (Å²) in [5.74, 6) is 0.731. The van der Waals surface area contributed by atoms with Crippen molar-refractivity contribution in [1.29, 1.82) is 0 Å². The van der Waals surface area contributed by atoms with Crippen LogP contribution in [0.4, 0.5) is 4.39 Å². The quantitative estimate of drug-likeness (QED) is 0.525. The number of carbonyl (C=O) groups excluding carboxylic acids is 2. The number of nitrogens with zero attached hydrogens (tertiary/aromatic N) is 1. The summed E-state index contributed by atoms with van der Waals surface area (Å²) < 4.78 is 19.1. The van der Waals surface area contributed by atoms with Gasteiger partial charge < -0.3 is 15.0 Å². The van der Waals surface area contributed by atoms with E-state index in [0.29, 0.717) is 30.8 Å². The summed E-state index contributed by atoms with van der Waals surface area (Å²) in [6.45, 7) is 4.78. The highest BCUT2D eigenvalue weighted by atomic mass is 32.2. The SMILES string of the molecule is CCCNC(=O)C(CC)N(Cc1ccc(OC)cc1)C(=O)CSCc1ccccc1F. The number of benzene rings is 2. The second-order valence-corrected chi connectivity index (χ2v) is 8.15. The molecule has 5 nitrogen and oxygen atoms in total. The molecule has 0 aliphatic heterocycles. The van der Waals surface area contributed by atoms with Crippen LogP contribution < -0.4 is 10.1 Å². The summed E-state index contributed by atoms with van der Waals surface area (Å²) in [6.07, 6.45) is 1.34. The Morgan fingerprint density at radius 3 is 2.45 bits per heavy atom. The van der Waals surface area contributed by atoms with Crippen molar-refractivity contribution in [2.24, 2.45) is 0 Å². The lowest BCUT2D eigenvalue weighted by Crippen LogP contribution is -2.49. The molecule has 2 aromatic carbocycles. The number of halogens is 1. The molecule has 0 spiro atoms. The van der Waals surface area contributed by atoms with Gasteiger partial charge in [0.25, 0.3) is 0 Å². The topological polar surface area (TPSA) is 58.6 Å². The van der Waals surface area contributed by atoms with Gasteiger partial charge in [-0.2, -0.15) is 0 Å². The molecule has 0 heterocycles. The van der Waals surface area contributed by atoms with Crippen LogP contribution in [0, 0.1) is 5.82 Å². The third-order valence-electron chi connectivity index (χ3n) is 4.89. The fourth-order valence-electron chi connectivity index (χ4n) is 3.16. The Hall–Kier alpha value is -2.54. The van der Waals surface area contributed by atoms with Crippen molar-refractivity contribution in [3.63, 3.8) is 0 Å². The van der Waals surface area contributed by atoms with E-state index >= 15 is 0 Å². The molecule has 168 valence electrons. The Kier molecular flexibility index (Phi) is 10.4. The third kappa shape index (κ3) is 7.58. The lowest BCUT2D eigenvalue weighted by atomic mass is 10.1. The van der Waals surface area contributed by atoms with E-state index in [1.54, 1.807) is 30.2 Å². The average molecular weight is 447 g/mol. The average Bonchev–Trinajstić information content (AvgIpc) is 2.79. The zero-order valence-corrected chi connectivity index (χ0v) is 19.2. The monoisotopic (exact) mass is 446 g/mol. The molecule has 0 radical (unpaired) electrons. The molecule has 2 amide bonds. The van der Waals surface area contributed by atoms with Crippen molar-refractivity contribution >= 4 is 23.6 Å². The van der Waals surface area contributed by atoms with Gasteiger partial charge in [-0.15, -0.1) is 11.8 Å². The highest BCUT2D eigenvalue weighted by molar-refractivity contribution is 7.99. The minimum absolute atomic E-state index is 0.143. The summed E-state index contributed by atoms with van der Waals surface area (Å²) in [5, 5.41) is 2.90. The van der Waals surface area contributed by atoms with Gasteiger partial charge in [0, 0.05) is 18.8 Å². The zero-order chi connectivity index (χ0) is 22.6. The number of thioether (sulfide) groups is 1. The lowest BCUT2D eigenvalue weighted by Gasteiger charge is -2.30. The van der Waals surface area contributed by atoms with Crippen LogP contribution in [0.25, 0.3) is 0 Å². The van der Waals surface area contributed by atoms with Crippen molar-refractivity contribution in [1.82, 2.24) is 10.2 Å². The summed E-state index contributed by atoms with van der Waals surface area (Å²) >= 11 is 1.35. The molecule has 1 atom stereocenters. The van der Waals surface area contributed by atoms with Crippen LogP contribution in [-0.4, -0.2) is 42.2 Å². The first-order chi connectivity index (χ1) is 15.0. The predicted octanol–water partition coefficient (Wildman–Crippen LogP) is 4.40. The van der Waals surface area contributed by atoms with E-state index in [2.05, 4.69) is 5.32 Å². The number of hydrogen-bond donors (Lipinski definition) is 1. The standard InChI is InChI=1S/C24H31FN2O3S/c1-4-14-26-24(29)22(5-2)27(15-18-10-12-20(30-3)13-11-18)23(28)17-31-16-19-8-6-7-9-21(19)25/h6-13,22H,4-5,14-17H2,1-3H3,(H,26,29). The summed E-state index contributed by atoms with van der Waals surface area (Å²) in [7, 11) is 1.60. The highest BCUT2D eigenvalue weighted by Gasteiger charge is 2.28. The van der Waals surface area contributed by atoms with Gasteiger partial charge in [0.2, 0.25) is 11.8 Å². The Morgan fingerprint density at radius 2 is 1.84 bits per heavy atom. The number of nitrogens with one attached hydrogen (secondary N) is 1. The first-order valence-electron chi connectivity index (χ1n) is 10.5. The van der Waals surface area contributed by atoms with Gasteiger partial charge in [-0.3, -0.25) is 9.59 Å². The molecule has 7 heteroatoms. The van der Waals surface area contributed by atoms with E-state index < -0.39 is 6.04 Å². The Balaban J connectivity index is 2.12. The first kappa shape index (κ1) is 24.7. The Morgan fingerprint density at radius 1 is 1.13 bits per heavy atom. The van der Waals surface area contributed by atoms with Gasteiger partial charge in [-0.25, -0.2) is 4.39 Å². The summed E-state index contributed by atoms with van der Waals surface area (Å²) in [4.78, 5) is 27.5. The number of rotatable bonds is 12. The molecule has 0 aliphatic rings. The summed E-state index contributed by atoms with van der Waals surface area (Å²) in [5.41, 5.74) is 1.48. The maximum absolute atomic E-state index is 13.9. The van der Waals surface area contributed by atoms with Gasteiger partial charge in [-0.05, 0) is 42.2 Å². The van der Waals surface area contributed by atoms with Crippen molar-refractivity contribution in [3.05, 3.63) is 65.5 Å². The fourth-order valence-corrected chi connectivity index (χ4v) is 4.06. The largest absolute Gasteiger partial charge is 0.497 e. The van der Waals surface area contributed by atoms with E-state index in [1.165, 1.54) is 17.8 Å². The minimum Gasteiger partial charge on any atom is -0.497 e. The van der Waals surface area contributed by atoms with E-state index in [0.717, 1.165) is 17.7 Å². The first-order valence-corrected chi connectivity index (χ1v) is 11.7. The van der Waals surface area contributed by atoms with E-state index in [4.69, 9.17) is 4.74 Å². The van der Waals surface area contributed by atoms with Crippen LogP contribution in [-0.2, 0) is 21.9 Å². The van der Waals surface area contributed by atoms with E-state index in [9.17, 15) is 14.0 Å². The lowest BCUT2D eigenvalue weighted by molar-refractivity contribution is -0.139. The number of ether oxygens (including phenoxy) is 1. The molecule has 1 N–H and O–H groups in total. The van der Waals surface area contributed by atoms with E-state index in [1.807, 2.05) is 38.1 Å². The molecule has 1 unspecified atom stereocenters. The van der Waals surface area contributed by atoms with Gasteiger partial charge in [-0.1, -0.05) is 44.2 Å². The fraction of sp³-hybridized carbons (Fsp3) is 0.417. The number of methoxy groups -OCH3 is 1. The molecule has 0 saturated carbocycles. The molecule has 0 bridgehead atoms. The molecule has 0 saturated heterocycles. The van der Waals surface area contributed by atoms with Crippen LogP contribution in [0.15, 0.2) is 48.5 Å². The van der Waals surface area contributed by atoms with Crippen LogP contribution in [0.3, 0.4) is 0 Å². The Bertz CT molecular complexity index is 845. The highest BCUT2D eigenvalue weighted by Crippen LogP contribution is 2.20. The van der Waals surface area contributed by atoms with Gasteiger partial charge in [0.1, 0.15) is 17.6 Å². The molecule has 2 aromatic rings. The zero-order valence-electron chi connectivity index (χ0n) is 18.4.